The number of likely N-dealkylation sites (tertiary alicyclic amines) is 1. The summed E-state index contributed by atoms with van der Waals surface area (Å²) in [5.41, 5.74) is 2.33. The minimum atomic E-state index is -0.425. The molecule has 7 nitrogen and oxygen atoms in total. The summed E-state index contributed by atoms with van der Waals surface area (Å²) >= 11 is 12.4. The van der Waals surface area contributed by atoms with Gasteiger partial charge in [0.1, 0.15) is 11.9 Å². The van der Waals surface area contributed by atoms with Crippen LogP contribution in [-0.2, 0) is 27.8 Å². The third-order valence-electron chi connectivity index (χ3n) is 9.73. The molecular formula is C33H38Cl2N2O5. The molecule has 1 spiro atoms. The summed E-state index contributed by atoms with van der Waals surface area (Å²) in [5, 5.41) is 12.1. The van der Waals surface area contributed by atoms with Gasteiger partial charge in [0.15, 0.2) is 11.5 Å². The SMILES string of the molecule is C=CCN1CC[C@]23c4c5c(OC(C)=O)cc(O)c4O[C@H]2[C@@H](N(CC(C)C)C(=O)Cc2ccc(Cl)c(Cl)c2)CC[C@H]3[C@H]1C5. The van der Waals surface area contributed by atoms with E-state index < -0.39 is 11.4 Å². The molecule has 1 saturated heterocycles. The predicted molar refractivity (Wildman–Crippen MR) is 163 cm³/mol. The number of carbonyl (C=O) groups is 2. The van der Waals surface area contributed by atoms with Crippen LogP contribution in [0, 0.1) is 11.8 Å². The van der Waals surface area contributed by atoms with Crippen LogP contribution >= 0.6 is 23.2 Å². The van der Waals surface area contributed by atoms with E-state index >= 15 is 0 Å². The van der Waals surface area contributed by atoms with Gasteiger partial charge >= 0.3 is 5.97 Å². The van der Waals surface area contributed by atoms with Gasteiger partial charge in [-0.3, -0.25) is 14.5 Å². The van der Waals surface area contributed by atoms with E-state index in [1.807, 2.05) is 17.0 Å². The first kappa shape index (κ1) is 29.3. The average Bonchev–Trinajstić information content (AvgIpc) is 3.27. The Labute approximate surface area is 257 Å². The van der Waals surface area contributed by atoms with Gasteiger partial charge in [0.05, 0.1) is 22.5 Å². The molecule has 2 aliphatic carbocycles. The van der Waals surface area contributed by atoms with E-state index in [1.54, 1.807) is 12.1 Å². The molecule has 42 heavy (non-hydrogen) atoms. The molecule has 0 aromatic heterocycles. The van der Waals surface area contributed by atoms with Crippen LogP contribution in [0.5, 0.6) is 17.2 Å². The third kappa shape index (κ3) is 4.68. The molecule has 2 aromatic carbocycles. The molecule has 2 fully saturated rings. The van der Waals surface area contributed by atoms with E-state index in [1.165, 1.54) is 13.0 Å². The molecule has 4 aliphatic rings. The minimum absolute atomic E-state index is 0.0167. The molecule has 2 aliphatic heterocycles. The van der Waals surface area contributed by atoms with Crippen molar-refractivity contribution < 1.29 is 24.2 Å². The van der Waals surface area contributed by atoms with E-state index in [4.69, 9.17) is 32.7 Å². The lowest BCUT2D eigenvalue weighted by atomic mass is 9.50. The fraction of sp³-hybridized carbons (Fsp3) is 0.515. The largest absolute Gasteiger partial charge is 0.504 e. The van der Waals surface area contributed by atoms with Crippen molar-refractivity contribution in [1.29, 1.82) is 0 Å². The Morgan fingerprint density at radius 1 is 1.26 bits per heavy atom. The predicted octanol–water partition coefficient (Wildman–Crippen LogP) is 5.95. The van der Waals surface area contributed by atoms with Gasteiger partial charge in [-0.25, -0.2) is 0 Å². The van der Waals surface area contributed by atoms with Crippen LogP contribution in [-0.4, -0.2) is 64.6 Å². The maximum atomic E-state index is 14.1. The van der Waals surface area contributed by atoms with Crippen molar-refractivity contribution in [3.05, 3.63) is 63.7 Å². The number of phenols is 1. The van der Waals surface area contributed by atoms with Crippen molar-refractivity contribution in [2.75, 3.05) is 19.6 Å². The molecule has 224 valence electrons. The maximum Gasteiger partial charge on any atom is 0.308 e. The maximum absolute atomic E-state index is 14.1. The number of ether oxygens (including phenoxy) is 2. The molecule has 1 amide bonds. The second-order valence-electron chi connectivity index (χ2n) is 12.7. The van der Waals surface area contributed by atoms with Gasteiger partial charge < -0.3 is 19.5 Å². The van der Waals surface area contributed by atoms with Gasteiger partial charge in [-0.05, 0) is 61.8 Å². The highest BCUT2D eigenvalue weighted by atomic mass is 35.5. The zero-order chi connectivity index (χ0) is 29.9. The summed E-state index contributed by atoms with van der Waals surface area (Å²) in [7, 11) is 0. The molecule has 0 unspecified atom stereocenters. The monoisotopic (exact) mass is 612 g/mol. The summed E-state index contributed by atoms with van der Waals surface area (Å²) < 4.78 is 12.5. The van der Waals surface area contributed by atoms with Crippen LogP contribution in [0.2, 0.25) is 10.0 Å². The molecule has 2 bridgehead atoms. The first-order valence-corrected chi connectivity index (χ1v) is 15.6. The van der Waals surface area contributed by atoms with E-state index in [0.717, 1.165) is 49.0 Å². The smallest absolute Gasteiger partial charge is 0.308 e. The standard InChI is InChI=1S/C33H38Cl2N2O5/c1-5-11-36-12-10-33-22-7-9-25(37(17-18(2)3)29(40)14-20-6-8-23(34)24(35)13-20)32(33)42-31-27(39)16-28(41-19(4)38)21(30(31)33)15-26(22)36/h5-6,8,13,16,18,22,25-26,32,39H,1,7,9-12,14-15,17H2,2-4H3/t22-,25-,26+,32-,33-/m0/s1. The topological polar surface area (TPSA) is 79.3 Å². The van der Waals surface area contributed by atoms with Gasteiger partial charge in [0, 0.05) is 48.7 Å². The van der Waals surface area contributed by atoms with Crippen LogP contribution in [0.1, 0.15) is 56.7 Å². The van der Waals surface area contributed by atoms with Crippen molar-refractivity contribution in [2.45, 2.75) is 76.5 Å². The van der Waals surface area contributed by atoms with E-state index in [9.17, 15) is 14.7 Å². The van der Waals surface area contributed by atoms with Crippen LogP contribution in [0.25, 0.3) is 0 Å². The Morgan fingerprint density at radius 3 is 2.74 bits per heavy atom. The second-order valence-corrected chi connectivity index (χ2v) is 13.5. The zero-order valence-corrected chi connectivity index (χ0v) is 25.9. The number of carbonyl (C=O) groups excluding carboxylic acids is 2. The van der Waals surface area contributed by atoms with Gasteiger partial charge in [0.2, 0.25) is 5.91 Å². The number of nitrogens with zero attached hydrogens (tertiary/aromatic N) is 2. The van der Waals surface area contributed by atoms with Crippen molar-refractivity contribution in [1.82, 2.24) is 9.80 Å². The van der Waals surface area contributed by atoms with E-state index in [-0.39, 0.29) is 48.1 Å². The molecule has 1 N–H and O–H groups in total. The summed E-state index contributed by atoms with van der Waals surface area (Å²) in [6, 6.07) is 6.89. The molecule has 2 aromatic rings. The molecule has 2 heterocycles. The summed E-state index contributed by atoms with van der Waals surface area (Å²) in [6.07, 6.45) is 5.09. The lowest BCUT2D eigenvalue weighted by Crippen LogP contribution is -2.69. The lowest BCUT2D eigenvalue weighted by Gasteiger charge is -2.60. The first-order valence-electron chi connectivity index (χ1n) is 14.9. The second kappa shape index (κ2) is 11.1. The van der Waals surface area contributed by atoms with Crippen molar-refractivity contribution >= 4 is 35.1 Å². The van der Waals surface area contributed by atoms with E-state index in [2.05, 4.69) is 25.3 Å². The number of piperidine rings is 1. The molecular weight excluding hydrogens is 575 g/mol. The van der Waals surface area contributed by atoms with Crippen molar-refractivity contribution in [3.8, 4) is 17.2 Å². The number of esters is 1. The summed E-state index contributed by atoms with van der Waals surface area (Å²) in [4.78, 5) is 30.7. The Hall–Kier alpha value is -2.74. The van der Waals surface area contributed by atoms with Gasteiger partial charge in [-0.1, -0.05) is 49.2 Å². The highest BCUT2D eigenvalue weighted by molar-refractivity contribution is 6.42. The number of hydrogen-bond donors (Lipinski definition) is 1. The fourth-order valence-electron chi connectivity index (χ4n) is 8.35. The van der Waals surface area contributed by atoms with Crippen molar-refractivity contribution in [3.63, 3.8) is 0 Å². The number of hydrogen-bond acceptors (Lipinski definition) is 6. The Bertz CT molecular complexity index is 1440. The molecule has 1 saturated carbocycles. The number of benzene rings is 2. The number of aromatic hydroxyl groups is 1. The highest BCUT2D eigenvalue weighted by Gasteiger charge is 2.67. The van der Waals surface area contributed by atoms with Gasteiger partial charge in [-0.15, -0.1) is 6.58 Å². The third-order valence-corrected chi connectivity index (χ3v) is 10.5. The van der Waals surface area contributed by atoms with Gasteiger partial charge in [-0.2, -0.15) is 0 Å². The number of rotatable bonds is 8. The van der Waals surface area contributed by atoms with Gasteiger partial charge in [0.25, 0.3) is 0 Å². The normalized spacial score (nSPS) is 27.3. The molecule has 5 atom stereocenters. The van der Waals surface area contributed by atoms with Crippen molar-refractivity contribution in [2.24, 2.45) is 11.8 Å². The fourth-order valence-corrected chi connectivity index (χ4v) is 8.67. The highest BCUT2D eigenvalue weighted by Crippen LogP contribution is 2.65. The quantitative estimate of drug-likeness (QED) is 0.226. The van der Waals surface area contributed by atoms with Crippen LogP contribution in [0.4, 0.5) is 0 Å². The van der Waals surface area contributed by atoms with Crippen LogP contribution in [0.15, 0.2) is 36.9 Å². The average molecular weight is 614 g/mol. The number of halogens is 2. The van der Waals surface area contributed by atoms with Crippen LogP contribution in [0.3, 0.4) is 0 Å². The van der Waals surface area contributed by atoms with Crippen LogP contribution < -0.4 is 9.47 Å². The Kier molecular flexibility index (Phi) is 7.73. The summed E-state index contributed by atoms with van der Waals surface area (Å²) in [6.45, 7) is 11.8. The number of amides is 1. The molecule has 9 heteroatoms. The molecule has 6 rings (SSSR count). The first-order chi connectivity index (χ1) is 20.0. The number of phenolic OH excluding ortho intramolecular Hbond substituents is 1. The Morgan fingerprint density at radius 2 is 2.05 bits per heavy atom. The minimum Gasteiger partial charge on any atom is -0.504 e. The summed E-state index contributed by atoms with van der Waals surface area (Å²) in [5.74, 6) is 0.988. The van der Waals surface area contributed by atoms with E-state index in [0.29, 0.717) is 34.5 Å². The zero-order valence-electron chi connectivity index (χ0n) is 24.4. The Balaban J connectivity index is 1.43. The lowest BCUT2D eigenvalue weighted by molar-refractivity contribution is -0.143. The molecule has 0 radical (unpaired) electrons.